The van der Waals surface area contributed by atoms with E-state index in [1.807, 2.05) is 18.2 Å². The van der Waals surface area contributed by atoms with Crippen molar-refractivity contribution in [1.82, 2.24) is 5.32 Å². The summed E-state index contributed by atoms with van der Waals surface area (Å²) in [6.07, 6.45) is 2.23. The average molecular weight is 306 g/mol. The van der Waals surface area contributed by atoms with Gasteiger partial charge in [-0.3, -0.25) is 0 Å². The molecule has 3 heteroatoms. The molecule has 0 heterocycles. The molecule has 0 aliphatic heterocycles. The molecule has 0 amide bonds. The summed E-state index contributed by atoms with van der Waals surface area (Å²) in [7, 11) is 0. The van der Waals surface area contributed by atoms with Crippen LogP contribution in [0.1, 0.15) is 42.1 Å². The molecular formula is C17H17Cl2N. The van der Waals surface area contributed by atoms with Crippen LogP contribution in [0.2, 0.25) is 10.0 Å². The average Bonchev–Trinajstić information content (AvgIpc) is 2.81. The Balaban J connectivity index is 1.75. The Morgan fingerprint density at radius 3 is 2.50 bits per heavy atom. The topological polar surface area (TPSA) is 12.0 Å². The molecular weight excluding hydrogens is 289 g/mol. The number of halogens is 2. The second-order valence-electron chi connectivity index (χ2n) is 5.37. The molecule has 20 heavy (non-hydrogen) atoms. The lowest BCUT2D eigenvalue weighted by Crippen LogP contribution is -2.22. The van der Waals surface area contributed by atoms with Gasteiger partial charge < -0.3 is 5.32 Å². The Hall–Kier alpha value is -1.02. The zero-order valence-electron chi connectivity index (χ0n) is 11.4. The molecule has 1 aliphatic carbocycles. The molecule has 1 nitrogen and oxygen atoms in total. The molecule has 104 valence electrons. The van der Waals surface area contributed by atoms with Crippen LogP contribution in [-0.4, -0.2) is 0 Å². The number of nitrogens with one attached hydrogen (secondary N) is 1. The lowest BCUT2D eigenvalue weighted by molar-refractivity contribution is 0.465. The summed E-state index contributed by atoms with van der Waals surface area (Å²) in [4.78, 5) is 0. The number of aryl methyl sites for hydroxylation is 1. The van der Waals surface area contributed by atoms with E-state index < -0.39 is 0 Å². The summed E-state index contributed by atoms with van der Waals surface area (Å²) >= 11 is 12.0. The molecule has 2 atom stereocenters. The van der Waals surface area contributed by atoms with E-state index in [0.717, 1.165) is 22.9 Å². The summed E-state index contributed by atoms with van der Waals surface area (Å²) < 4.78 is 0. The van der Waals surface area contributed by atoms with E-state index in [1.54, 1.807) is 0 Å². The summed E-state index contributed by atoms with van der Waals surface area (Å²) in [5, 5.41) is 5.31. The maximum absolute atomic E-state index is 6.05. The van der Waals surface area contributed by atoms with Gasteiger partial charge in [0.15, 0.2) is 0 Å². The molecule has 0 spiro atoms. The summed E-state index contributed by atoms with van der Waals surface area (Å²) in [5.41, 5.74) is 4.02. The maximum Gasteiger partial charge on any atom is 0.0408 e. The fourth-order valence-electron chi connectivity index (χ4n) is 2.91. The van der Waals surface area contributed by atoms with Crippen LogP contribution in [-0.2, 0) is 6.42 Å². The lowest BCUT2D eigenvalue weighted by Gasteiger charge is -2.21. The Bertz CT molecular complexity index is 607. The van der Waals surface area contributed by atoms with Gasteiger partial charge in [-0.05, 0) is 60.7 Å². The summed E-state index contributed by atoms with van der Waals surface area (Å²) in [6, 6.07) is 15.0. The van der Waals surface area contributed by atoms with Gasteiger partial charge in [-0.2, -0.15) is 0 Å². The molecule has 1 aliphatic rings. The fourth-order valence-corrected chi connectivity index (χ4v) is 3.23. The van der Waals surface area contributed by atoms with E-state index in [9.17, 15) is 0 Å². The first kappa shape index (κ1) is 13.9. The number of hydrogen-bond donors (Lipinski definition) is 1. The first-order valence-corrected chi connectivity index (χ1v) is 7.69. The third kappa shape index (κ3) is 2.85. The molecule has 2 aromatic carbocycles. The smallest absolute Gasteiger partial charge is 0.0408 e. The van der Waals surface area contributed by atoms with Gasteiger partial charge in [0.1, 0.15) is 0 Å². The van der Waals surface area contributed by atoms with Gasteiger partial charge in [0.05, 0.1) is 0 Å². The Morgan fingerprint density at radius 2 is 1.75 bits per heavy atom. The van der Waals surface area contributed by atoms with Crippen LogP contribution in [0.4, 0.5) is 0 Å². The third-order valence-corrected chi connectivity index (χ3v) is 4.49. The summed E-state index contributed by atoms with van der Waals surface area (Å²) in [5.74, 6) is 0. The van der Waals surface area contributed by atoms with Crippen molar-refractivity contribution in [2.45, 2.75) is 31.8 Å². The van der Waals surface area contributed by atoms with Crippen molar-refractivity contribution in [2.24, 2.45) is 0 Å². The largest absolute Gasteiger partial charge is 0.303 e. The van der Waals surface area contributed by atoms with E-state index in [-0.39, 0.29) is 0 Å². The van der Waals surface area contributed by atoms with Gasteiger partial charge in [0, 0.05) is 22.1 Å². The number of fused-ring (bicyclic) bond motifs is 1. The minimum atomic E-state index is 0.305. The molecule has 0 saturated carbocycles. The van der Waals surface area contributed by atoms with Crippen molar-refractivity contribution in [1.29, 1.82) is 0 Å². The number of hydrogen-bond acceptors (Lipinski definition) is 1. The van der Waals surface area contributed by atoms with Crippen molar-refractivity contribution in [3.8, 4) is 0 Å². The van der Waals surface area contributed by atoms with Crippen LogP contribution >= 0.6 is 23.2 Å². The standard InChI is InChI=1S/C17H17Cl2N/c1-11(12-2-5-14(18)6-3-12)20-17-9-4-13-10-15(19)7-8-16(13)17/h2-3,5-8,10-11,17,20H,4,9H2,1H3/t11-,17?/m0/s1. The van der Waals surface area contributed by atoms with Crippen molar-refractivity contribution in [3.05, 3.63) is 69.2 Å². The Morgan fingerprint density at radius 1 is 1.05 bits per heavy atom. The van der Waals surface area contributed by atoms with E-state index in [2.05, 4.69) is 36.5 Å². The van der Waals surface area contributed by atoms with Gasteiger partial charge in [-0.15, -0.1) is 0 Å². The van der Waals surface area contributed by atoms with Gasteiger partial charge in [-0.1, -0.05) is 41.4 Å². The molecule has 2 aromatic rings. The van der Waals surface area contributed by atoms with Crippen LogP contribution in [0.25, 0.3) is 0 Å². The van der Waals surface area contributed by atoms with E-state index in [0.29, 0.717) is 12.1 Å². The van der Waals surface area contributed by atoms with Crippen molar-refractivity contribution >= 4 is 23.2 Å². The summed E-state index contributed by atoms with van der Waals surface area (Å²) in [6.45, 7) is 2.19. The van der Waals surface area contributed by atoms with Crippen molar-refractivity contribution < 1.29 is 0 Å². The minimum absolute atomic E-state index is 0.305. The highest BCUT2D eigenvalue weighted by Crippen LogP contribution is 2.34. The normalized spacial score (nSPS) is 18.9. The maximum atomic E-state index is 6.05. The highest BCUT2D eigenvalue weighted by Gasteiger charge is 2.23. The van der Waals surface area contributed by atoms with Gasteiger partial charge in [0.2, 0.25) is 0 Å². The first-order valence-electron chi connectivity index (χ1n) is 6.93. The Labute approximate surface area is 129 Å². The fraction of sp³-hybridized carbons (Fsp3) is 0.294. The van der Waals surface area contributed by atoms with E-state index in [4.69, 9.17) is 23.2 Å². The van der Waals surface area contributed by atoms with Crippen LogP contribution in [0.5, 0.6) is 0 Å². The first-order chi connectivity index (χ1) is 9.63. The highest BCUT2D eigenvalue weighted by molar-refractivity contribution is 6.30. The van der Waals surface area contributed by atoms with Crippen LogP contribution in [0.3, 0.4) is 0 Å². The van der Waals surface area contributed by atoms with Gasteiger partial charge >= 0.3 is 0 Å². The van der Waals surface area contributed by atoms with Crippen LogP contribution in [0.15, 0.2) is 42.5 Å². The van der Waals surface area contributed by atoms with Crippen LogP contribution < -0.4 is 5.32 Å². The molecule has 0 fully saturated rings. The van der Waals surface area contributed by atoms with E-state index >= 15 is 0 Å². The molecule has 1 unspecified atom stereocenters. The predicted molar refractivity (Wildman–Crippen MR) is 85.5 cm³/mol. The molecule has 1 N–H and O–H groups in total. The Kier molecular flexibility index (Phi) is 4.02. The van der Waals surface area contributed by atoms with Crippen molar-refractivity contribution in [2.75, 3.05) is 0 Å². The molecule has 0 radical (unpaired) electrons. The third-order valence-electron chi connectivity index (χ3n) is 4.00. The van der Waals surface area contributed by atoms with Gasteiger partial charge in [0.25, 0.3) is 0 Å². The zero-order valence-corrected chi connectivity index (χ0v) is 12.9. The quantitative estimate of drug-likeness (QED) is 0.808. The van der Waals surface area contributed by atoms with Crippen molar-refractivity contribution in [3.63, 3.8) is 0 Å². The molecule has 0 saturated heterocycles. The highest BCUT2D eigenvalue weighted by atomic mass is 35.5. The zero-order chi connectivity index (χ0) is 14.1. The lowest BCUT2D eigenvalue weighted by atomic mass is 10.0. The molecule has 0 aromatic heterocycles. The molecule has 0 bridgehead atoms. The SMILES string of the molecule is C[C@H](NC1CCc2cc(Cl)ccc21)c1ccc(Cl)cc1. The second-order valence-corrected chi connectivity index (χ2v) is 6.25. The predicted octanol–water partition coefficient (Wildman–Crippen LogP) is 5.33. The van der Waals surface area contributed by atoms with Gasteiger partial charge in [-0.25, -0.2) is 0 Å². The minimum Gasteiger partial charge on any atom is -0.303 e. The van der Waals surface area contributed by atoms with Crippen LogP contribution in [0, 0.1) is 0 Å². The molecule has 3 rings (SSSR count). The number of benzene rings is 2. The second kappa shape index (κ2) is 5.77. The van der Waals surface area contributed by atoms with E-state index in [1.165, 1.54) is 16.7 Å². The monoisotopic (exact) mass is 305 g/mol. The number of rotatable bonds is 3.